The van der Waals surface area contributed by atoms with E-state index in [0.717, 1.165) is 60.2 Å². The van der Waals surface area contributed by atoms with Crippen LogP contribution >= 0.6 is 0 Å². The topological polar surface area (TPSA) is 56.7 Å². The van der Waals surface area contributed by atoms with Gasteiger partial charge in [-0.3, -0.25) is 4.79 Å². The van der Waals surface area contributed by atoms with E-state index in [1.165, 1.54) is 0 Å². The largest absolute Gasteiger partial charge is 0.392 e. The molecule has 2 heterocycles. The molecule has 1 aromatic heterocycles. The molecule has 1 aliphatic heterocycles. The maximum atomic E-state index is 11.9. The summed E-state index contributed by atoms with van der Waals surface area (Å²) in [4.78, 5) is 20.8. The number of rotatable bonds is 5. The Morgan fingerprint density at radius 1 is 1.38 bits per heavy atom. The molecule has 0 aliphatic carbocycles. The Morgan fingerprint density at radius 3 is 2.92 bits per heavy atom. The van der Waals surface area contributed by atoms with E-state index in [1.54, 1.807) is 4.90 Å². The molecule has 3 rings (SSSR count). The maximum Gasteiger partial charge on any atom is 0.222 e. The third-order valence-corrected chi connectivity index (χ3v) is 5.36. The number of benzene rings is 1. The molecule has 5 nitrogen and oxygen atoms in total. The number of carbonyl (C=O) groups excluding carboxylic acids is 1. The molecule has 0 unspecified atom stereocenters. The summed E-state index contributed by atoms with van der Waals surface area (Å²) < 4.78 is 0. The molecule has 1 N–H and O–H groups in total. The standard InChI is InChI=1S/C21H29N3O2/c1-15-6-4-8-17-12-18(14-25)21(22-20(15)17)24-11-5-7-16(13-24)9-10-19(26)23(2)3/h4,6,8,12,16,25H,5,7,9-11,13-14H2,1-3H3/t16-/m0/s1. The highest BCUT2D eigenvalue weighted by atomic mass is 16.3. The van der Waals surface area contributed by atoms with Gasteiger partial charge in [0.05, 0.1) is 12.1 Å². The fourth-order valence-corrected chi connectivity index (χ4v) is 3.82. The molecule has 1 amide bonds. The van der Waals surface area contributed by atoms with Gasteiger partial charge in [-0.25, -0.2) is 4.98 Å². The number of piperidine rings is 1. The van der Waals surface area contributed by atoms with Gasteiger partial charge in [-0.2, -0.15) is 0 Å². The zero-order valence-corrected chi connectivity index (χ0v) is 16.0. The van der Waals surface area contributed by atoms with Gasteiger partial charge in [0.1, 0.15) is 5.82 Å². The molecule has 1 atom stereocenters. The Labute approximate surface area is 155 Å². The molecule has 140 valence electrons. The van der Waals surface area contributed by atoms with Crippen LogP contribution in [0.1, 0.15) is 36.8 Å². The fraction of sp³-hybridized carbons (Fsp3) is 0.524. The van der Waals surface area contributed by atoms with Crippen LogP contribution < -0.4 is 4.90 Å². The number of anilines is 1. The number of aryl methyl sites for hydroxylation is 1. The van der Waals surface area contributed by atoms with E-state index in [2.05, 4.69) is 24.0 Å². The summed E-state index contributed by atoms with van der Waals surface area (Å²) in [6.07, 6.45) is 3.76. The maximum absolute atomic E-state index is 11.9. The third-order valence-electron chi connectivity index (χ3n) is 5.36. The van der Waals surface area contributed by atoms with Crippen molar-refractivity contribution < 1.29 is 9.90 Å². The SMILES string of the molecule is Cc1cccc2cc(CO)c(N3CCC[C@@H](CCC(=O)N(C)C)C3)nc12. The van der Waals surface area contributed by atoms with Gasteiger partial charge in [-0.15, -0.1) is 0 Å². The second kappa shape index (κ2) is 8.04. The smallest absolute Gasteiger partial charge is 0.222 e. The van der Waals surface area contributed by atoms with Crippen LogP contribution in [0.3, 0.4) is 0 Å². The summed E-state index contributed by atoms with van der Waals surface area (Å²) in [5.41, 5.74) is 3.04. The van der Waals surface area contributed by atoms with Crippen molar-refractivity contribution >= 4 is 22.6 Å². The van der Waals surface area contributed by atoms with Crippen LogP contribution in [0.2, 0.25) is 0 Å². The first-order chi connectivity index (χ1) is 12.5. The Bertz CT molecular complexity index is 788. The first kappa shape index (κ1) is 18.6. The average Bonchev–Trinajstić information content (AvgIpc) is 2.65. The van der Waals surface area contributed by atoms with Crippen molar-refractivity contribution in [3.63, 3.8) is 0 Å². The minimum Gasteiger partial charge on any atom is -0.392 e. The van der Waals surface area contributed by atoms with Gasteiger partial charge in [0, 0.05) is 44.6 Å². The number of amides is 1. The number of hydrogen-bond acceptors (Lipinski definition) is 4. The van der Waals surface area contributed by atoms with Crippen LogP contribution in [0, 0.1) is 12.8 Å². The zero-order valence-electron chi connectivity index (χ0n) is 16.0. The summed E-state index contributed by atoms with van der Waals surface area (Å²) in [7, 11) is 3.62. The number of aliphatic hydroxyl groups is 1. The molecule has 1 aliphatic rings. The molecule has 1 aromatic carbocycles. The minimum atomic E-state index is -0.00744. The van der Waals surface area contributed by atoms with E-state index in [-0.39, 0.29) is 12.5 Å². The Hall–Kier alpha value is -2.14. The molecular formula is C21H29N3O2. The predicted molar refractivity (Wildman–Crippen MR) is 105 cm³/mol. The molecular weight excluding hydrogens is 326 g/mol. The molecule has 0 bridgehead atoms. The van der Waals surface area contributed by atoms with E-state index in [1.807, 2.05) is 26.2 Å². The van der Waals surface area contributed by atoms with E-state index in [9.17, 15) is 9.90 Å². The number of fused-ring (bicyclic) bond motifs is 1. The van der Waals surface area contributed by atoms with Gasteiger partial charge in [-0.05, 0) is 43.7 Å². The van der Waals surface area contributed by atoms with Crippen molar-refractivity contribution in [2.75, 3.05) is 32.1 Å². The van der Waals surface area contributed by atoms with Crippen molar-refractivity contribution in [3.8, 4) is 0 Å². The molecule has 0 radical (unpaired) electrons. The molecule has 0 saturated carbocycles. The number of pyridine rings is 1. The normalized spacial score (nSPS) is 17.5. The average molecular weight is 355 g/mol. The van der Waals surface area contributed by atoms with Crippen LogP contribution in [0.15, 0.2) is 24.3 Å². The highest BCUT2D eigenvalue weighted by molar-refractivity contribution is 5.84. The molecule has 1 fully saturated rings. The highest BCUT2D eigenvalue weighted by Gasteiger charge is 2.24. The van der Waals surface area contributed by atoms with Gasteiger partial charge in [0.25, 0.3) is 0 Å². The Balaban J connectivity index is 1.81. The minimum absolute atomic E-state index is 0.00744. The van der Waals surface area contributed by atoms with E-state index in [4.69, 9.17) is 4.98 Å². The number of para-hydroxylation sites is 1. The lowest BCUT2D eigenvalue weighted by Crippen LogP contribution is -2.37. The third kappa shape index (κ3) is 3.98. The molecule has 1 saturated heterocycles. The van der Waals surface area contributed by atoms with Crippen molar-refractivity contribution in [2.45, 2.75) is 39.2 Å². The van der Waals surface area contributed by atoms with Gasteiger partial charge < -0.3 is 14.9 Å². The van der Waals surface area contributed by atoms with Crippen molar-refractivity contribution in [3.05, 3.63) is 35.4 Å². The van der Waals surface area contributed by atoms with Gasteiger partial charge in [0.2, 0.25) is 5.91 Å². The number of aromatic nitrogens is 1. The second-order valence-electron chi connectivity index (χ2n) is 7.56. The highest BCUT2D eigenvalue weighted by Crippen LogP contribution is 2.30. The predicted octanol–water partition coefficient (Wildman–Crippen LogP) is 3.12. The number of aliphatic hydroxyl groups excluding tert-OH is 1. The van der Waals surface area contributed by atoms with E-state index < -0.39 is 0 Å². The summed E-state index contributed by atoms with van der Waals surface area (Å²) in [5, 5.41) is 10.9. The van der Waals surface area contributed by atoms with Crippen LogP contribution in [-0.4, -0.2) is 48.1 Å². The lowest BCUT2D eigenvalue weighted by atomic mass is 9.93. The van der Waals surface area contributed by atoms with Gasteiger partial charge in [-0.1, -0.05) is 18.2 Å². The van der Waals surface area contributed by atoms with E-state index in [0.29, 0.717) is 12.3 Å². The second-order valence-corrected chi connectivity index (χ2v) is 7.56. The van der Waals surface area contributed by atoms with Gasteiger partial charge >= 0.3 is 0 Å². The molecule has 0 spiro atoms. The first-order valence-electron chi connectivity index (χ1n) is 9.44. The summed E-state index contributed by atoms with van der Waals surface area (Å²) in [5.74, 6) is 1.59. The Kier molecular flexibility index (Phi) is 5.77. The molecule has 2 aromatic rings. The van der Waals surface area contributed by atoms with Crippen LogP contribution in [-0.2, 0) is 11.4 Å². The monoisotopic (exact) mass is 355 g/mol. The lowest BCUT2D eigenvalue weighted by Gasteiger charge is -2.35. The van der Waals surface area contributed by atoms with Crippen molar-refractivity contribution in [1.29, 1.82) is 0 Å². The Morgan fingerprint density at radius 2 is 2.19 bits per heavy atom. The fourth-order valence-electron chi connectivity index (χ4n) is 3.82. The van der Waals surface area contributed by atoms with Crippen LogP contribution in [0.25, 0.3) is 10.9 Å². The summed E-state index contributed by atoms with van der Waals surface area (Å²) in [6, 6.07) is 8.20. The van der Waals surface area contributed by atoms with Crippen molar-refractivity contribution in [1.82, 2.24) is 9.88 Å². The van der Waals surface area contributed by atoms with E-state index >= 15 is 0 Å². The van der Waals surface area contributed by atoms with Gasteiger partial charge in [0.15, 0.2) is 0 Å². The zero-order chi connectivity index (χ0) is 18.7. The lowest BCUT2D eigenvalue weighted by molar-refractivity contribution is -0.129. The number of hydrogen-bond donors (Lipinski definition) is 1. The first-order valence-corrected chi connectivity index (χ1v) is 9.44. The molecule has 26 heavy (non-hydrogen) atoms. The summed E-state index contributed by atoms with van der Waals surface area (Å²) >= 11 is 0. The number of carbonyl (C=O) groups is 1. The van der Waals surface area contributed by atoms with Crippen LogP contribution in [0.5, 0.6) is 0 Å². The van der Waals surface area contributed by atoms with Crippen LogP contribution in [0.4, 0.5) is 5.82 Å². The quantitative estimate of drug-likeness (QED) is 0.895. The van der Waals surface area contributed by atoms with Crippen molar-refractivity contribution in [2.24, 2.45) is 5.92 Å². The summed E-state index contributed by atoms with van der Waals surface area (Å²) in [6.45, 7) is 3.92. The number of nitrogens with zero attached hydrogens (tertiary/aromatic N) is 3. The molecule has 5 heteroatoms.